The van der Waals surface area contributed by atoms with Gasteiger partial charge in [0.15, 0.2) is 5.96 Å². The van der Waals surface area contributed by atoms with E-state index in [1.165, 1.54) is 11.6 Å². The van der Waals surface area contributed by atoms with E-state index in [0.717, 1.165) is 56.9 Å². The summed E-state index contributed by atoms with van der Waals surface area (Å²) in [6.07, 6.45) is 4.50. The van der Waals surface area contributed by atoms with E-state index < -0.39 is 0 Å². The lowest BCUT2D eigenvalue weighted by molar-refractivity contribution is -0.0265. The van der Waals surface area contributed by atoms with E-state index in [4.69, 9.17) is 4.74 Å². The van der Waals surface area contributed by atoms with Crippen molar-refractivity contribution in [3.63, 3.8) is 0 Å². The highest BCUT2D eigenvalue weighted by molar-refractivity contribution is 5.79. The summed E-state index contributed by atoms with van der Waals surface area (Å²) in [6, 6.07) is 17.5. The summed E-state index contributed by atoms with van der Waals surface area (Å²) in [5.41, 5.74) is 2.34. The summed E-state index contributed by atoms with van der Waals surface area (Å²) in [7, 11) is 1.79. The van der Waals surface area contributed by atoms with E-state index in [-0.39, 0.29) is 17.3 Å². The second kappa shape index (κ2) is 8.95. The van der Waals surface area contributed by atoms with Gasteiger partial charge in [-0.05, 0) is 48.9 Å². The molecule has 1 aliphatic heterocycles. The molecule has 0 aromatic heterocycles. The third-order valence-corrected chi connectivity index (χ3v) is 6.21. The van der Waals surface area contributed by atoms with Crippen molar-refractivity contribution >= 4 is 5.96 Å². The van der Waals surface area contributed by atoms with Gasteiger partial charge in [-0.15, -0.1) is 0 Å². The van der Waals surface area contributed by atoms with Crippen molar-refractivity contribution < 1.29 is 9.13 Å². The van der Waals surface area contributed by atoms with E-state index in [2.05, 4.69) is 39.9 Å². The smallest absolute Gasteiger partial charge is 0.191 e. The number of guanidine groups is 1. The van der Waals surface area contributed by atoms with E-state index in [9.17, 15) is 4.39 Å². The van der Waals surface area contributed by atoms with E-state index in [1.807, 2.05) is 12.1 Å². The third kappa shape index (κ3) is 4.78. The second-order valence-electron chi connectivity index (χ2n) is 8.20. The van der Waals surface area contributed by atoms with Crippen LogP contribution >= 0.6 is 0 Å². The van der Waals surface area contributed by atoms with Gasteiger partial charge in [-0.1, -0.05) is 42.5 Å². The molecule has 4 rings (SSSR count). The Hall–Kier alpha value is -2.40. The quantitative estimate of drug-likeness (QED) is 0.569. The van der Waals surface area contributed by atoms with Crippen LogP contribution in [0.5, 0.6) is 0 Å². The van der Waals surface area contributed by atoms with Crippen LogP contribution in [0.25, 0.3) is 0 Å². The molecule has 1 heterocycles. The Bertz CT molecular complexity index is 835. The summed E-state index contributed by atoms with van der Waals surface area (Å²) in [5, 5.41) is 6.95. The van der Waals surface area contributed by atoms with Crippen LogP contribution in [-0.4, -0.2) is 32.7 Å². The van der Waals surface area contributed by atoms with Gasteiger partial charge in [-0.2, -0.15) is 0 Å². The molecule has 1 saturated carbocycles. The lowest BCUT2D eigenvalue weighted by Gasteiger charge is -2.32. The zero-order chi connectivity index (χ0) is 20.1. The number of benzene rings is 2. The van der Waals surface area contributed by atoms with Gasteiger partial charge in [0.25, 0.3) is 0 Å². The normalized spacial score (nSPS) is 23.4. The molecule has 2 N–H and O–H groups in total. The Kier molecular flexibility index (Phi) is 6.14. The number of nitrogens with zero attached hydrogens (tertiary/aromatic N) is 1. The molecule has 0 bridgehead atoms. The summed E-state index contributed by atoms with van der Waals surface area (Å²) in [4.78, 5) is 4.39. The number of nitrogens with one attached hydrogen (secondary N) is 2. The largest absolute Gasteiger partial charge is 0.373 e. The van der Waals surface area contributed by atoms with Gasteiger partial charge in [0, 0.05) is 38.1 Å². The second-order valence-corrected chi connectivity index (χ2v) is 8.20. The Morgan fingerprint density at radius 3 is 2.69 bits per heavy atom. The number of hydrogen-bond donors (Lipinski definition) is 2. The number of hydrogen-bond acceptors (Lipinski definition) is 2. The zero-order valence-corrected chi connectivity index (χ0v) is 17.0. The molecule has 0 amide bonds. The third-order valence-electron chi connectivity index (χ3n) is 6.21. The molecule has 2 aliphatic rings. The van der Waals surface area contributed by atoms with Crippen LogP contribution < -0.4 is 10.6 Å². The Morgan fingerprint density at radius 1 is 1.14 bits per heavy atom. The van der Waals surface area contributed by atoms with Crippen LogP contribution in [0.15, 0.2) is 59.6 Å². The highest BCUT2D eigenvalue weighted by Crippen LogP contribution is 2.47. The minimum absolute atomic E-state index is 0.0280. The van der Waals surface area contributed by atoms with Crippen LogP contribution in [0, 0.1) is 11.7 Å². The molecule has 2 aromatic rings. The monoisotopic (exact) mass is 395 g/mol. The minimum atomic E-state index is -0.166. The molecule has 5 heteroatoms. The molecule has 1 aliphatic carbocycles. The van der Waals surface area contributed by atoms with Crippen LogP contribution in [0.3, 0.4) is 0 Å². The number of aliphatic imine (C=N–C) groups is 1. The van der Waals surface area contributed by atoms with Gasteiger partial charge in [-0.3, -0.25) is 4.99 Å². The lowest BCUT2D eigenvalue weighted by Crippen LogP contribution is -2.44. The first-order chi connectivity index (χ1) is 14.2. The van der Waals surface area contributed by atoms with Crippen molar-refractivity contribution in [2.24, 2.45) is 10.9 Å². The summed E-state index contributed by atoms with van der Waals surface area (Å²) >= 11 is 0. The van der Waals surface area contributed by atoms with Crippen LogP contribution in [0.2, 0.25) is 0 Å². The van der Waals surface area contributed by atoms with Gasteiger partial charge < -0.3 is 15.4 Å². The van der Waals surface area contributed by atoms with Gasteiger partial charge in [-0.25, -0.2) is 4.39 Å². The Morgan fingerprint density at radius 2 is 1.97 bits per heavy atom. The van der Waals surface area contributed by atoms with Crippen molar-refractivity contribution in [3.05, 3.63) is 71.5 Å². The topological polar surface area (TPSA) is 45.7 Å². The zero-order valence-electron chi connectivity index (χ0n) is 17.0. The molecule has 0 radical (unpaired) electrons. The number of ether oxygens (including phenoxy) is 1. The Labute approximate surface area is 172 Å². The maximum Gasteiger partial charge on any atom is 0.191 e. The predicted molar refractivity (Wildman–Crippen MR) is 115 cm³/mol. The fourth-order valence-electron chi connectivity index (χ4n) is 4.30. The molecule has 2 fully saturated rings. The standard InChI is InChI=1S/C24H30FN3O/c1-26-23(28-17-24(12-13-24)20-10-5-11-21(25)15-20)27-16-19-9-6-14-29-22(19)18-7-3-2-4-8-18/h2-5,7-8,10-11,15,19,22H,6,9,12-14,16-17H2,1H3,(H2,26,27,28). The highest BCUT2D eigenvalue weighted by atomic mass is 19.1. The molecule has 1 saturated heterocycles. The number of halogens is 1. The summed E-state index contributed by atoms with van der Waals surface area (Å²) in [5.74, 6) is 1.04. The molecular formula is C24H30FN3O. The molecule has 2 aromatic carbocycles. The van der Waals surface area contributed by atoms with Gasteiger partial charge in [0.2, 0.25) is 0 Å². The summed E-state index contributed by atoms with van der Waals surface area (Å²) < 4.78 is 19.7. The first-order valence-electron chi connectivity index (χ1n) is 10.6. The predicted octanol–water partition coefficient (Wildman–Crippen LogP) is 4.19. The summed E-state index contributed by atoms with van der Waals surface area (Å²) in [6.45, 7) is 2.39. The minimum Gasteiger partial charge on any atom is -0.373 e. The van der Waals surface area contributed by atoms with Crippen LogP contribution in [0.1, 0.15) is 42.9 Å². The average Bonchev–Trinajstić information content (AvgIpc) is 3.56. The molecule has 0 spiro atoms. The maximum absolute atomic E-state index is 13.6. The SMILES string of the molecule is CN=C(NCC1CCCOC1c1ccccc1)NCC1(c2cccc(F)c2)CC1. The van der Waals surface area contributed by atoms with E-state index >= 15 is 0 Å². The van der Waals surface area contributed by atoms with Crippen LogP contribution in [-0.2, 0) is 10.2 Å². The van der Waals surface area contributed by atoms with Gasteiger partial charge in [0.05, 0.1) is 6.10 Å². The fourth-order valence-corrected chi connectivity index (χ4v) is 4.30. The van der Waals surface area contributed by atoms with Gasteiger partial charge >= 0.3 is 0 Å². The molecule has 2 atom stereocenters. The van der Waals surface area contributed by atoms with Crippen LogP contribution in [0.4, 0.5) is 4.39 Å². The van der Waals surface area contributed by atoms with E-state index in [1.54, 1.807) is 19.2 Å². The van der Waals surface area contributed by atoms with Crippen molar-refractivity contribution in [2.75, 3.05) is 26.7 Å². The van der Waals surface area contributed by atoms with Crippen molar-refractivity contribution in [3.8, 4) is 0 Å². The van der Waals surface area contributed by atoms with E-state index in [0.29, 0.717) is 5.92 Å². The molecule has 4 nitrogen and oxygen atoms in total. The van der Waals surface area contributed by atoms with Gasteiger partial charge in [0.1, 0.15) is 5.82 Å². The Balaban J connectivity index is 1.33. The molecule has 2 unspecified atom stereocenters. The molecule has 154 valence electrons. The van der Waals surface area contributed by atoms with Crippen molar-refractivity contribution in [2.45, 2.75) is 37.2 Å². The van der Waals surface area contributed by atoms with Crippen molar-refractivity contribution in [1.29, 1.82) is 0 Å². The average molecular weight is 396 g/mol. The first kappa shape index (κ1) is 19.9. The first-order valence-corrected chi connectivity index (χ1v) is 10.6. The lowest BCUT2D eigenvalue weighted by atomic mass is 9.89. The fraction of sp³-hybridized carbons (Fsp3) is 0.458. The van der Waals surface area contributed by atoms with Crippen molar-refractivity contribution in [1.82, 2.24) is 10.6 Å². The molecular weight excluding hydrogens is 365 g/mol. The highest BCUT2D eigenvalue weighted by Gasteiger charge is 2.44. The maximum atomic E-state index is 13.6. The number of rotatable bonds is 6. The molecule has 29 heavy (non-hydrogen) atoms.